The van der Waals surface area contributed by atoms with E-state index >= 15 is 0 Å². The lowest BCUT2D eigenvalue weighted by Crippen LogP contribution is -2.16. The summed E-state index contributed by atoms with van der Waals surface area (Å²) in [6, 6.07) is 3.37. The summed E-state index contributed by atoms with van der Waals surface area (Å²) in [5.41, 5.74) is 1.15. The van der Waals surface area contributed by atoms with E-state index in [2.05, 4.69) is 15.0 Å². The molecule has 0 aliphatic rings. The third-order valence-corrected chi connectivity index (χ3v) is 4.17. The van der Waals surface area contributed by atoms with E-state index in [1.165, 1.54) is 6.33 Å². The predicted octanol–water partition coefficient (Wildman–Crippen LogP) is 0.692. The van der Waals surface area contributed by atoms with E-state index < -0.39 is 13.9 Å². The van der Waals surface area contributed by atoms with E-state index in [-0.39, 0.29) is 19.3 Å². The van der Waals surface area contributed by atoms with E-state index in [4.69, 9.17) is 14.5 Å². The second-order valence-electron chi connectivity index (χ2n) is 5.44. The number of hydrogen-bond donors (Lipinski definition) is 3. The SMILES string of the molecule is O=P(O)(O)COCCC(CO)n1cnc2c(-n3cccc3)ncnc21. The minimum absolute atomic E-state index is 0.0888. The van der Waals surface area contributed by atoms with Crippen LogP contribution in [-0.2, 0) is 9.30 Å². The van der Waals surface area contributed by atoms with Crippen molar-refractivity contribution < 1.29 is 24.2 Å². The van der Waals surface area contributed by atoms with Gasteiger partial charge in [-0.2, -0.15) is 0 Å². The average Bonchev–Trinajstić information content (AvgIpc) is 3.23. The molecule has 3 aromatic heterocycles. The monoisotopic (exact) mass is 367 g/mol. The quantitative estimate of drug-likeness (QED) is 0.391. The van der Waals surface area contributed by atoms with Gasteiger partial charge in [0, 0.05) is 19.0 Å². The Kier molecular flexibility index (Phi) is 5.26. The third kappa shape index (κ3) is 4.12. The summed E-state index contributed by atoms with van der Waals surface area (Å²) in [5, 5.41) is 9.66. The standard InChI is InChI=1S/C14H18N5O5P/c20-7-11(3-6-24-10-25(21,22)23)19-9-17-12-13(15-8-16-14(12)19)18-4-1-2-5-18/h1-2,4-5,8-9,11,20H,3,6-7,10H2,(H2,21,22,23). The molecule has 0 fully saturated rings. The summed E-state index contributed by atoms with van der Waals surface area (Å²) in [7, 11) is -4.20. The van der Waals surface area contributed by atoms with Gasteiger partial charge in [0.05, 0.1) is 19.0 Å². The fraction of sp³-hybridized carbons (Fsp3) is 0.357. The molecule has 3 aromatic rings. The second-order valence-corrected chi connectivity index (χ2v) is 7.03. The third-order valence-electron chi connectivity index (χ3n) is 3.65. The van der Waals surface area contributed by atoms with Gasteiger partial charge in [-0.3, -0.25) is 4.57 Å². The van der Waals surface area contributed by atoms with Crippen LogP contribution < -0.4 is 0 Å². The fourth-order valence-corrected chi connectivity index (χ4v) is 2.86. The van der Waals surface area contributed by atoms with Gasteiger partial charge in [0.25, 0.3) is 0 Å². The summed E-state index contributed by atoms with van der Waals surface area (Å²) < 4.78 is 19.3. The van der Waals surface area contributed by atoms with E-state index in [9.17, 15) is 9.67 Å². The van der Waals surface area contributed by atoms with Crippen molar-refractivity contribution in [1.82, 2.24) is 24.1 Å². The highest BCUT2D eigenvalue weighted by Gasteiger charge is 2.18. The van der Waals surface area contributed by atoms with Crippen molar-refractivity contribution in [1.29, 1.82) is 0 Å². The minimum Gasteiger partial charge on any atom is -0.394 e. The van der Waals surface area contributed by atoms with Gasteiger partial charge in [-0.1, -0.05) is 0 Å². The number of aliphatic hydroxyl groups excluding tert-OH is 1. The normalized spacial score (nSPS) is 13.4. The summed E-state index contributed by atoms with van der Waals surface area (Å²) in [5.74, 6) is 0.628. The molecule has 1 unspecified atom stereocenters. The van der Waals surface area contributed by atoms with Gasteiger partial charge in [0.2, 0.25) is 0 Å². The van der Waals surface area contributed by atoms with Crippen molar-refractivity contribution >= 4 is 18.8 Å². The first kappa shape index (κ1) is 17.7. The van der Waals surface area contributed by atoms with Gasteiger partial charge in [-0.25, -0.2) is 15.0 Å². The van der Waals surface area contributed by atoms with Gasteiger partial charge >= 0.3 is 7.60 Å². The molecule has 1 atom stereocenters. The minimum atomic E-state index is -4.20. The van der Waals surface area contributed by atoms with Crippen LogP contribution >= 0.6 is 7.60 Å². The van der Waals surface area contributed by atoms with Crippen molar-refractivity contribution in [2.75, 3.05) is 19.6 Å². The highest BCUT2D eigenvalue weighted by molar-refractivity contribution is 7.51. The molecule has 3 rings (SSSR count). The van der Waals surface area contributed by atoms with Gasteiger partial charge in [-0.15, -0.1) is 0 Å². The van der Waals surface area contributed by atoms with Crippen LogP contribution in [0.1, 0.15) is 12.5 Å². The molecule has 0 spiro atoms. The molecular formula is C14H18N5O5P. The molecule has 3 heterocycles. The smallest absolute Gasteiger partial charge is 0.350 e. The zero-order valence-corrected chi connectivity index (χ0v) is 14.1. The van der Waals surface area contributed by atoms with Crippen molar-refractivity contribution in [2.45, 2.75) is 12.5 Å². The molecule has 0 amide bonds. The van der Waals surface area contributed by atoms with Crippen LogP contribution in [0.4, 0.5) is 0 Å². The van der Waals surface area contributed by atoms with E-state index in [0.717, 1.165) is 0 Å². The molecule has 0 bridgehead atoms. The van der Waals surface area contributed by atoms with Crippen LogP contribution in [0.25, 0.3) is 17.0 Å². The van der Waals surface area contributed by atoms with Crippen LogP contribution in [0.3, 0.4) is 0 Å². The number of aliphatic hydroxyl groups is 1. The Balaban J connectivity index is 1.80. The van der Waals surface area contributed by atoms with Gasteiger partial charge in [0.1, 0.15) is 12.7 Å². The first-order valence-electron chi connectivity index (χ1n) is 7.53. The summed E-state index contributed by atoms with van der Waals surface area (Å²) in [4.78, 5) is 30.4. The Bertz CT molecular complexity index is 875. The first-order chi connectivity index (χ1) is 12.0. The fourth-order valence-electron chi connectivity index (χ4n) is 2.49. The predicted molar refractivity (Wildman–Crippen MR) is 88.3 cm³/mol. The molecule has 0 aromatic carbocycles. The number of fused-ring (bicyclic) bond motifs is 1. The highest BCUT2D eigenvalue weighted by atomic mass is 31.2. The maximum Gasteiger partial charge on any atom is 0.350 e. The lowest BCUT2D eigenvalue weighted by molar-refractivity contribution is 0.127. The van der Waals surface area contributed by atoms with Crippen LogP contribution in [-0.4, -0.2) is 58.5 Å². The number of imidazole rings is 1. The molecule has 0 radical (unpaired) electrons. The molecule has 0 saturated carbocycles. The molecule has 0 saturated heterocycles. The number of hydrogen-bond acceptors (Lipinski definition) is 6. The summed E-state index contributed by atoms with van der Waals surface area (Å²) in [6.07, 6.45) is 6.39. The van der Waals surface area contributed by atoms with E-state index in [0.29, 0.717) is 23.4 Å². The van der Waals surface area contributed by atoms with Gasteiger partial charge in [0.15, 0.2) is 17.0 Å². The number of aromatic nitrogens is 5. The van der Waals surface area contributed by atoms with E-state index in [1.54, 1.807) is 10.9 Å². The van der Waals surface area contributed by atoms with Crippen LogP contribution in [0.15, 0.2) is 37.2 Å². The van der Waals surface area contributed by atoms with Crippen LogP contribution in [0.5, 0.6) is 0 Å². The number of ether oxygens (including phenoxy) is 1. The van der Waals surface area contributed by atoms with Crippen LogP contribution in [0, 0.1) is 0 Å². The topological polar surface area (TPSA) is 136 Å². The van der Waals surface area contributed by atoms with Crippen molar-refractivity contribution in [3.05, 3.63) is 37.2 Å². The Labute approximate surface area is 142 Å². The Morgan fingerprint density at radius 3 is 2.64 bits per heavy atom. The maximum atomic E-state index is 10.8. The molecule has 3 N–H and O–H groups in total. The molecule has 11 heteroatoms. The maximum absolute atomic E-state index is 10.8. The van der Waals surface area contributed by atoms with E-state index in [1.807, 2.05) is 29.1 Å². The Morgan fingerprint density at radius 2 is 1.96 bits per heavy atom. The van der Waals surface area contributed by atoms with Gasteiger partial charge in [-0.05, 0) is 18.6 Å². The Hall–Kier alpha value is -2.10. The van der Waals surface area contributed by atoms with Crippen molar-refractivity contribution in [2.24, 2.45) is 0 Å². The largest absolute Gasteiger partial charge is 0.394 e. The molecular weight excluding hydrogens is 349 g/mol. The zero-order chi connectivity index (χ0) is 17.9. The Morgan fingerprint density at radius 1 is 1.20 bits per heavy atom. The molecule has 0 aliphatic heterocycles. The molecule has 134 valence electrons. The molecule has 0 aliphatic carbocycles. The lowest BCUT2D eigenvalue weighted by atomic mass is 10.2. The van der Waals surface area contributed by atoms with Gasteiger partial charge < -0.3 is 28.8 Å². The number of rotatable bonds is 8. The van der Waals surface area contributed by atoms with Crippen molar-refractivity contribution in [3.63, 3.8) is 0 Å². The summed E-state index contributed by atoms with van der Waals surface area (Å²) in [6.45, 7) is -0.0981. The summed E-state index contributed by atoms with van der Waals surface area (Å²) >= 11 is 0. The molecule has 25 heavy (non-hydrogen) atoms. The van der Waals surface area contributed by atoms with Crippen LogP contribution in [0.2, 0.25) is 0 Å². The first-order valence-corrected chi connectivity index (χ1v) is 9.33. The molecule has 10 nitrogen and oxygen atoms in total. The number of nitrogens with zero attached hydrogens (tertiary/aromatic N) is 5. The average molecular weight is 367 g/mol. The highest BCUT2D eigenvalue weighted by Crippen LogP contribution is 2.34. The zero-order valence-electron chi connectivity index (χ0n) is 13.2. The van der Waals surface area contributed by atoms with Crippen molar-refractivity contribution in [3.8, 4) is 5.82 Å². The lowest BCUT2D eigenvalue weighted by Gasteiger charge is -2.16. The second kappa shape index (κ2) is 7.42.